The minimum Gasteiger partial charge on any atom is -0.329 e. The average molecular weight is 400 g/mol. The molecule has 0 amide bonds. The summed E-state index contributed by atoms with van der Waals surface area (Å²) >= 11 is 0. The molecule has 28 heavy (non-hydrogen) atoms. The summed E-state index contributed by atoms with van der Waals surface area (Å²) in [6, 6.07) is 22.0. The van der Waals surface area contributed by atoms with Crippen molar-refractivity contribution in [1.82, 2.24) is 0 Å². The van der Waals surface area contributed by atoms with Crippen molar-refractivity contribution in [1.29, 1.82) is 0 Å². The Balaban J connectivity index is 1.58. The van der Waals surface area contributed by atoms with Gasteiger partial charge in [-0.05, 0) is 57.2 Å². The Labute approximate surface area is 165 Å². The summed E-state index contributed by atoms with van der Waals surface area (Å²) in [4.78, 5) is 15.8. The van der Waals surface area contributed by atoms with Crippen LogP contribution in [-0.4, -0.2) is 0 Å². The summed E-state index contributed by atoms with van der Waals surface area (Å²) in [6.07, 6.45) is 0. The molecular weight excluding hydrogens is 379 g/mol. The summed E-state index contributed by atoms with van der Waals surface area (Å²) in [5.41, 5.74) is 3.31. The van der Waals surface area contributed by atoms with Gasteiger partial charge < -0.3 is 14.7 Å². The summed E-state index contributed by atoms with van der Waals surface area (Å²) in [5, 5.41) is 0. The highest BCUT2D eigenvalue weighted by Gasteiger charge is 2.21. The van der Waals surface area contributed by atoms with E-state index in [0.717, 1.165) is 16.7 Å². The molecule has 0 heterocycles. The monoisotopic (exact) mass is 400 g/mol. The maximum absolute atomic E-state index is 5.26. The molecule has 0 aromatic heterocycles. The van der Waals surface area contributed by atoms with Gasteiger partial charge in [-0.1, -0.05) is 67.1 Å². The lowest BCUT2D eigenvalue weighted by Gasteiger charge is -2.14. The molecule has 0 fully saturated rings. The molecule has 0 saturated heterocycles. The van der Waals surface area contributed by atoms with Crippen LogP contribution in [-0.2, 0) is 14.0 Å². The molecule has 0 radical (unpaired) electrons. The van der Waals surface area contributed by atoms with E-state index >= 15 is 0 Å². The lowest BCUT2D eigenvalue weighted by molar-refractivity contribution is -0.219. The fraction of sp³-hybridized carbons (Fsp3) is 0.143. The van der Waals surface area contributed by atoms with Gasteiger partial charge in [0.2, 0.25) is 0 Å². The van der Waals surface area contributed by atoms with Crippen LogP contribution in [0.4, 0.5) is 0 Å². The van der Waals surface area contributed by atoms with Crippen LogP contribution in [0.5, 0.6) is 17.2 Å². The van der Waals surface area contributed by atoms with Gasteiger partial charge in [-0.3, -0.25) is 0 Å². The molecule has 0 N–H and O–H groups in total. The van der Waals surface area contributed by atoms with E-state index in [9.17, 15) is 0 Å². The first-order valence-corrected chi connectivity index (χ1v) is 9.72. The second-order valence-electron chi connectivity index (χ2n) is 6.14. The van der Waals surface area contributed by atoms with Crippen molar-refractivity contribution in [2.24, 2.45) is 0 Å². The number of rotatable bonds is 9. The SMILES string of the molecule is Cc1ccc(OOP(OOc2ccc(C)cc2)OOc2ccc(C)cc2)cc1. The van der Waals surface area contributed by atoms with E-state index in [1.165, 1.54) is 0 Å². The van der Waals surface area contributed by atoms with Gasteiger partial charge in [-0.2, -0.15) is 0 Å². The Morgan fingerprint density at radius 2 is 0.679 bits per heavy atom. The zero-order chi connectivity index (χ0) is 19.8. The third-order valence-corrected chi connectivity index (χ3v) is 4.23. The van der Waals surface area contributed by atoms with Crippen LogP contribution in [0, 0.1) is 20.8 Å². The molecule has 146 valence electrons. The molecule has 0 saturated carbocycles. The predicted molar refractivity (Wildman–Crippen MR) is 106 cm³/mol. The lowest BCUT2D eigenvalue weighted by atomic mass is 10.2. The second kappa shape index (κ2) is 10.1. The fourth-order valence-corrected chi connectivity index (χ4v) is 2.55. The highest BCUT2D eigenvalue weighted by Crippen LogP contribution is 2.41. The van der Waals surface area contributed by atoms with Crippen LogP contribution in [0.15, 0.2) is 72.8 Å². The Bertz CT molecular complexity index is 732. The zero-order valence-corrected chi connectivity index (χ0v) is 16.7. The van der Waals surface area contributed by atoms with Gasteiger partial charge in [0.05, 0.1) is 0 Å². The van der Waals surface area contributed by atoms with E-state index in [-0.39, 0.29) is 0 Å². The van der Waals surface area contributed by atoms with Gasteiger partial charge >= 0.3 is 8.60 Å². The summed E-state index contributed by atoms with van der Waals surface area (Å²) in [5.74, 6) is 1.49. The Morgan fingerprint density at radius 1 is 0.429 bits per heavy atom. The first-order chi connectivity index (χ1) is 13.6. The normalized spacial score (nSPS) is 10.7. The zero-order valence-electron chi connectivity index (χ0n) is 15.8. The molecule has 0 aliphatic rings. The standard InChI is InChI=1S/C21H21O6P/c1-16-4-10-19(11-5-16)22-25-28(26-23-20-12-6-17(2)7-13-20)27-24-21-14-8-18(3)9-15-21/h4-15H,1-3H3. The molecule has 6 nitrogen and oxygen atoms in total. The van der Waals surface area contributed by atoms with E-state index in [1.54, 1.807) is 36.4 Å². The predicted octanol–water partition coefficient (Wildman–Crippen LogP) is 6.17. The molecule has 0 aliphatic carbocycles. The van der Waals surface area contributed by atoms with Gasteiger partial charge in [-0.25, -0.2) is 0 Å². The largest absolute Gasteiger partial charge is 0.455 e. The number of hydrogen-bond acceptors (Lipinski definition) is 6. The average Bonchev–Trinajstić information content (AvgIpc) is 2.71. The smallest absolute Gasteiger partial charge is 0.329 e. The highest BCUT2D eigenvalue weighted by atomic mass is 31.2. The van der Waals surface area contributed by atoms with Gasteiger partial charge in [0, 0.05) is 0 Å². The summed E-state index contributed by atoms with van der Waals surface area (Å²) in [6.45, 7) is 5.94. The van der Waals surface area contributed by atoms with Crippen molar-refractivity contribution >= 4 is 8.60 Å². The molecule has 0 aliphatic heterocycles. The van der Waals surface area contributed by atoms with Crippen LogP contribution < -0.4 is 14.7 Å². The van der Waals surface area contributed by atoms with Crippen LogP contribution in [0.3, 0.4) is 0 Å². The van der Waals surface area contributed by atoms with E-state index < -0.39 is 8.60 Å². The number of aryl methyl sites for hydroxylation is 3. The molecule has 7 heteroatoms. The van der Waals surface area contributed by atoms with Crippen LogP contribution in [0.25, 0.3) is 0 Å². The van der Waals surface area contributed by atoms with Crippen LogP contribution >= 0.6 is 8.60 Å². The minimum atomic E-state index is -2.12. The summed E-state index contributed by atoms with van der Waals surface area (Å²) in [7, 11) is -2.12. The Hall–Kier alpha value is -2.63. The lowest BCUT2D eigenvalue weighted by Crippen LogP contribution is -2.04. The third-order valence-electron chi connectivity index (χ3n) is 3.65. The number of hydrogen-bond donors (Lipinski definition) is 0. The van der Waals surface area contributed by atoms with Crippen LogP contribution in [0.2, 0.25) is 0 Å². The van der Waals surface area contributed by atoms with Gasteiger partial charge in [0.15, 0.2) is 17.2 Å². The van der Waals surface area contributed by atoms with E-state index in [0.29, 0.717) is 17.2 Å². The van der Waals surface area contributed by atoms with Gasteiger partial charge in [-0.15, -0.1) is 0 Å². The summed E-state index contributed by atoms with van der Waals surface area (Å²) < 4.78 is 15.7. The Kier molecular flexibility index (Phi) is 7.23. The van der Waals surface area contributed by atoms with Crippen LogP contribution in [0.1, 0.15) is 16.7 Å². The van der Waals surface area contributed by atoms with E-state index in [4.69, 9.17) is 28.7 Å². The van der Waals surface area contributed by atoms with Crippen molar-refractivity contribution in [2.45, 2.75) is 20.8 Å². The molecule has 3 aromatic rings. The highest BCUT2D eigenvalue weighted by molar-refractivity contribution is 7.41. The molecule has 3 aromatic carbocycles. The van der Waals surface area contributed by atoms with Gasteiger partial charge in [0.1, 0.15) is 0 Å². The first-order valence-electron chi connectivity index (χ1n) is 8.62. The van der Waals surface area contributed by atoms with Gasteiger partial charge in [0.25, 0.3) is 0 Å². The van der Waals surface area contributed by atoms with Crippen molar-refractivity contribution in [3.63, 3.8) is 0 Å². The maximum Gasteiger partial charge on any atom is 0.455 e. The Morgan fingerprint density at radius 3 is 0.929 bits per heavy atom. The first kappa shape index (κ1) is 20.1. The van der Waals surface area contributed by atoms with E-state index in [2.05, 4.69) is 0 Å². The second-order valence-corrected chi connectivity index (χ2v) is 7.03. The third kappa shape index (κ3) is 6.51. The van der Waals surface area contributed by atoms with E-state index in [1.807, 2.05) is 57.2 Å². The molecule has 0 atom stereocenters. The van der Waals surface area contributed by atoms with Crippen molar-refractivity contribution in [3.8, 4) is 17.2 Å². The van der Waals surface area contributed by atoms with Crippen molar-refractivity contribution in [3.05, 3.63) is 89.5 Å². The molecule has 0 unspecified atom stereocenters. The van der Waals surface area contributed by atoms with Crippen molar-refractivity contribution < 1.29 is 28.7 Å². The quantitative estimate of drug-likeness (QED) is 0.243. The minimum absolute atomic E-state index is 0.496. The molecule has 0 spiro atoms. The van der Waals surface area contributed by atoms with Crippen molar-refractivity contribution in [2.75, 3.05) is 0 Å². The molecule has 3 rings (SSSR count). The molecule has 0 bridgehead atoms. The molecular formula is C21H21O6P. The number of benzene rings is 3. The fourth-order valence-electron chi connectivity index (χ4n) is 2.04. The topological polar surface area (TPSA) is 55.4 Å². The maximum atomic E-state index is 5.26.